The molecule has 13 heteroatoms. The van der Waals surface area contributed by atoms with Gasteiger partial charge in [0.2, 0.25) is 0 Å². The number of fused-ring (bicyclic) bond motifs is 10. The smallest absolute Gasteiger partial charge is 0.278 e. The largest absolute Gasteiger partial charge is 0.381 e. The van der Waals surface area contributed by atoms with E-state index in [1.165, 1.54) is 18.2 Å². The van der Waals surface area contributed by atoms with Crippen LogP contribution in [0, 0.1) is 11.7 Å². The second-order valence-electron chi connectivity index (χ2n) is 13.2. The van der Waals surface area contributed by atoms with Crippen molar-refractivity contribution in [3.05, 3.63) is 63.8 Å². The van der Waals surface area contributed by atoms with Crippen molar-refractivity contribution in [2.24, 2.45) is 5.92 Å². The monoisotopic (exact) mass is 675 g/mol. The van der Waals surface area contributed by atoms with Crippen LogP contribution in [0.3, 0.4) is 0 Å². The van der Waals surface area contributed by atoms with E-state index in [0.29, 0.717) is 74.5 Å². The van der Waals surface area contributed by atoms with Gasteiger partial charge >= 0.3 is 0 Å². The number of hydrogen-bond donors (Lipinski definition) is 1. The first kappa shape index (κ1) is 33.7. The number of nitrogens with zero attached hydrogens (tertiary/aromatic N) is 4. The van der Waals surface area contributed by atoms with Gasteiger partial charge in [-0.25, -0.2) is 26.6 Å². The van der Waals surface area contributed by atoms with Crippen molar-refractivity contribution in [2.75, 3.05) is 61.1 Å². The van der Waals surface area contributed by atoms with Crippen LogP contribution in [-0.4, -0.2) is 79.8 Å². The molecule has 1 N–H and O–H groups in total. The number of sulfone groups is 1. The quantitative estimate of drug-likeness (QED) is 0.370. The summed E-state index contributed by atoms with van der Waals surface area (Å²) >= 11 is 0. The summed E-state index contributed by atoms with van der Waals surface area (Å²) in [7, 11) is -3.18. The minimum absolute atomic E-state index is 0.0506. The van der Waals surface area contributed by atoms with Gasteiger partial charge in [0.05, 0.1) is 23.1 Å². The maximum absolute atomic E-state index is 16.1. The summed E-state index contributed by atoms with van der Waals surface area (Å²) in [5.74, 6) is -5.29. The standard InChI is InChI=1S/C34H44F3N5O4S/c1-23-6-4-18-46-19-5-13-42-32-27(22-30(33(42)43)41-16-20-47(44,45)21-17-41)29(9-12-38-32)39-24(2)26-7-3-8-28(31(26)35)34(36,37)25-10-14-40(23)15-11-25/h3,7-9,12,22-25,39H,4-6,10-11,13-21H2,1-2H3/t23?,24-/m1/s1. The van der Waals surface area contributed by atoms with E-state index in [4.69, 9.17) is 4.74 Å². The molecule has 1 aromatic carbocycles. The first-order valence-electron chi connectivity index (χ1n) is 16.7. The van der Waals surface area contributed by atoms with Crippen LogP contribution in [0.4, 0.5) is 24.5 Å². The summed E-state index contributed by atoms with van der Waals surface area (Å²) in [5, 5.41) is 3.90. The third kappa shape index (κ3) is 7.03. The zero-order chi connectivity index (χ0) is 33.3. The van der Waals surface area contributed by atoms with Crippen molar-refractivity contribution in [1.82, 2.24) is 14.5 Å². The minimum Gasteiger partial charge on any atom is -0.381 e. The van der Waals surface area contributed by atoms with E-state index >= 15 is 13.2 Å². The SMILES string of the molecule is CC1CCCOCCCn2c(=O)c(N3CCS(=O)(=O)CC3)cc3c(ccnc32)N[C@H](C)c2cccc(c2F)C(F)(F)C2CCN1CC2. The van der Waals surface area contributed by atoms with E-state index in [1.807, 2.05) is 0 Å². The van der Waals surface area contributed by atoms with E-state index in [1.54, 1.807) is 34.7 Å². The lowest BCUT2D eigenvalue weighted by atomic mass is 9.84. The predicted octanol–water partition coefficient (Wildman–Crippen LogP) is 5.34. The number of alkyl halides is 2. The summed E-state index contributed by atoms with van der Waals surface area (Å²) in [4.78, 5) is 22.5. The summed E-state index contributed by atoms with van der Waals surface area (Å²) in [6.07, 6.45) is 4.40. The number of anilines is 2. The zero-order valence-corrected chi connectivity index (χ0v) is 27.9. The van der Waals surface area contributed by atoms with Crippen LogP contribution < -0.4 is 15.8 Å². The molecule has 1 unspecified atom stereocenters. The number of benzene rings is 1. The van der Waals surface area contributed by atoms with Crippen molar-refractivity contribution in [1.29, 1.82) is 0 Å². The topological polar surface area (TPSA) is 96.8 Å². The fourth-order valence-corrected chi connectivity index (χ4v) is 8.43. The van der Waals surface area contributed by atoms with Gasteiger partial charge in [0.15, 0.2) is 9.84 Å². The fourth-order valence-electron chi connectivity index (χ4n) is 7.23. The van der Waals surface area contributed by atoms with E-state index in [2.05, 4.69) is 22.1 Å². The van der Waals surface area contributed by atoms with E-state index < -0.39 is 39.1 Å². The Kier molecular flexibility index (Phi) is 9.87. The molecule has 0 saturated carbocycles. The van der Waals surface area contributed by atoms with Crippen molar-refractivity contribution in [2.45, 2.75) is 70.5 Å². The van der Waals surface area contributed by atoms with Gasteiger partial charge in [0.25, 0.3) is 11.5 Å². The number of halogens is 3. The number of aryl methyl sites for hydroxylation is 1. The molecule has 0 spiro atoms. The molecule has 6 heterocycles. The van der Waals surface area contributed by atoms with Gasteiger partial charge in [0, 0.05) is 67.6 Å². The lowest BCUT2D eigenvalue weighted by Gasteiger charge is -2.39. The lowest BCUT2D eigenvalue weighted by molar-refractivity contribution is -0.0908. The molecule has 3 aromatic rings. The van der Waals surface area contributed by atoms with Gasteiger partial charge in [-0.2, -0.15) is 0 Å². The molecule has 2 saturated heterocycles. The van der Waals surface area contributed by atoms with Crippen LogP contribution in [0.15, 0.2) is 41.3 Å². The summed E-state index contributed by atoms with van der Waals surface area (Å²) in [5.41, 5.74) is 0.597. The van der Waals surface area contributed by atoms with Crippen LogP contribution in [0.5, 0.6) is 0 Å². The van der Waals surface area contributed by atoms with Crippen molar-refractivity contribution >= 4 is 32.2 Å². The molecule has 2 atom stereocenters. The molecule has 4 aliphatic heterocycles. The van der Waals surface area contributed by atoms with E-state index in [-0.39, 0.29) is 41.8 Å². The van der Waals surface area contributed by atoms with Crippen LogP contribution in [0.1, 0.15) is 63.1 Å². The second kappa shape index (κ2) is 13.8. The second-order valence-corrected chi connectivity index (χ2v) is 15.5. The first-order chi connectivity index (χ1) is 22.5. The van der Waals surface area contributed by atoms with Gasteiger partial charge in [-0.15, -0.1) is 0 Å². The van der Waals surface area contributed by atoms with Gasteiger partial charge in [-0.05, 0) is 71.2 Å². The van der Waals surface area contributed by atoms with Crippen molar-refractivity contribution in [3.63, 3.8) is 0 Å². The average Bonchev–Trinajstić information content (AvgIpc) is 3.05. The Balaban J connectivity index is 1.40. The highest BCUT2D eigenvalue weighted by Crippen LogP contribution is 2.44. The highest BCUT2D eigenvalue weighted by atomic mass is 32.2. The van der Waals surface area contributed by atoms with Gasteiger partial charge in [-0.1, -0.05) is 18.2 Å². The lowest BCUT2D eigenvalue weighted by Crippen LogP contribution is -2.43. The van der Waals surface area contributed by atoms with Crippen LogP contribution in [-0.2, 0) is 27.0 Å². The Bertz CT molecular complexity index is 1750. The average molecular weight is 676 g/mol. The molecule has 4 aliphatic rings. The molecule has 2 aromatic heterocycles. The third-order valence-corrected chi connectivity index (χ3v) is 11.7. The van der Waals surface area contributed by atoms with Crippen LogP contribution in [0.25, 0.3) is 11.0 Å². The van der Waals surface area contributed by atoms with Gasteiger partial charge in [-0.3, -0.25) is 9.36 Å². The number of ether oxygens (including phenoxy) is 1. The predicted molar refractivity (Wildman–Crippen MR) is 178 cm³/mol. The van der Waals surface area contributed by atoms with Gasteiger partial charge in [0.1, 0.15) is 17.2 Å². The molecule has 0 amide bonds. The first-order valence-corrected chi connectivity index (χ1v) is 18.5. The maximum Gasteiger partial charge on any atom is 0.278 e. The minimum atomic E-state index is -3.32. The molecule has 256 valence electrons. The molecule has 8 bridgehead atoms. The number of pyridine rings is 2. The Morgan fingerprint density at radius 2 is 1.70 bits per heavy atom. The van der Waals surface area contributed by atoms with E-state index in [0.717, 1.165) is 12.8 Å². The van der Waals surface area contributed by atoms with E-state index in [9.17, 15) is 13.2 Å². The molecular weight excluding hydrogens is 631 g/mol. The Labute approximate surface area is 274 Å². The molecule has 0 radical (unpaired) electrons. The summed E-state index contributed by atoms with van der Waals surface area (Å²) in [6, 6.07) is 7.15. The van der Waals surface area contributed by atoms with Crippen molar-refractivity contribution < 1.29 is 26.3 Å². The highest BCUT2D eigenvalue weighted by Gasteiger charge is 2.45. The highest BCUT2D eigenvalue weighted by molar-refractivity contribution is 7.91. The Morgan fingerprint density at radius 3 is 2.45 bits per heavy atom. The number of nitrogens with one attached hydrogen (secondary N) is 1. The van der Waals surface area contributed by atoms with Crippen molar-refractivity contribution in [3.8, 4) is 0 Å². The number of rotatable bonds is 1. The number of hydrogen-bond acceptors (Lipinski definition) is 8. The molecule has 2 fully saturated rings. The molecule has 7 rings (SSSR count). The number of aromatic nitrogens is 2. The van der Waals surface area contributed by atoms with Crippen LogP contribution >= 0.6 is 0 Å². The molecule has 47 heavy (non-hydrogen) atoms. The normalized spacial score (nSPS) is 27.1. The molecule has 0 aliphatic carbocycles. The number of piperidine rings is 1. The Hall–Kier alpha value is -3.16. The van der Waals surface area contributed by atoms with Gasteiger partial charge < -0.3 is 19.9 Å². The Morgan fingerprint density at radius 1 is 0.979 bits per heavy atom. The molecular formula is C34H44F3N5O4S. The van der Waals surface area contributed by atoms with Crippen LogP contribution in [0.2, 0.25) is 0 Å². The molecule has 9 nitrogen and oxygen atoms in total. The zero-order valence-electron chi connectivity index (χ0n) is 27.1. The fraction of sp³-hybridized carbons (Fsp3) is 0.588. The summed E-state index contributed by atoms with van der Waals surface area (Å²) < 4.78 is 79.9. The third-order valence-electron chi connectivity index (χ3n) is 10.1. The summed E-state index contributed by atoms with van der Waals surface area (Å²) in [6.45, 7) is 6.62. The maximum atomic E-state index is 16.1.